The van der Waals surface area contributed by atoms with E-state index >= 15 is 0 Å². The molecule has 0 bridgehead atoms. The highest BCUT2D eigenvalue weighted by Crippen LogP contribution is 2.17. The minimum Gasteiger partial charge on any atom is -0.427 e. The van der Waals surface area contributed by atoms with E-state index in [0.717, 1.165) is 38.5 Å². The van der Waals surface area contributed by atoms with Crippen molar-refractivity contribution in [2.75, 3.05) is 0 Å². The van der Waals surface area contributed by atoms with Gasteiger partial charge in [-0.15, -0.1) is 0 Å². The molecule has 1 atom stereocenters. The van der Waals surface area contributed by atoms with Crippen molar-refractivity contribution in [1.29, 1.82) is 0 Å². The fourth-order valence-corrected chi connectivity index (χ4v) is 4.85. The van der Waals surface area contributed by atoms with Gasteiger partial charge in [-0.05, 0) is 49.8 Å². The predicted octanol–water partition coefficient (Wildman–Crippen LogP) is 10.1. The van der Waals surface area contributed by atoms with Gasteiger partial charge < -0.3 is 9.84 Å². The molecule has 0 aromatic heterocycles. The fraction of sp³-hybridized carbons (Fsp3) is 0.788. The lowest BCUT2D eigenvalue weighted by Crippen LogP contribution is -2.07. The maximum Gasteiger partial charge on any atom is 0.311 e. The summed E-state index contributed by atoms with van der Waals surface area (Å²) in [7, 11) is 0. The van der Waals surface area contributed by atoms with Crippen LogP contribution in [-0.2, 0) is 11.2 Å². The zero-order chi connectivity index (χ0) is 26.1. The molecular weight excluding hydrogens is 444 g/mol. The predicted molar refractivity (Wildman–Crippen MR) is 155 cm³/mol. The third-order valence-electron chi connectivity index (χ3n) is 7.28. The summed E-state index contributed by atoms with van der Waals surface area (Å²) >= 11 is 0. The molecule has 1 aromatic carbocycles. The third-order valence-corrected chi connectivity index (χ3v) is 7.28. The van der Waals surface area contributed by atoms with Crippen molar-refractivity contribution in [1.82, 2.24) is 0 Å². The normalized spacial score (nSPS) is 12.1. The minimum absolute atomic E-state index is 0.0812. The van der Waals surface area contributed by atoms with Crippen LogP contribution in [0.25, 0.3) is 0 Å². The quantitative estimate of drug-likeness (QED) is 0.0821. The number of esters is 1. The molecule has 1 unspecified atom stereocenters. The van der Waals surface area contributed by atoms with Crippen LogP contribution in [0.1, 0.15) is 161 Å². The van der Waals surface area contributed by atoms with Gasteiger partial charge in [0.25, 0.3) is 0 Å². The Morgan fingerprint density at radius 2 is 1.08 bits per heavy atom. The average molecular weight is 503 g/mol. The second-order valence-corrected chi connectivity index (χ2v) is 10.9. The number of aryl methyl sites for hydroxylation is 1. The van der Waals surface area contributed by atoms with Crippen LogP contribution in [0.15, 0.2) is 24.3 Å². The van der Waals surface area contributed by atoms with E-state index in [0.29, 0.717) is 12.2 Å². The van der Waals surface area contributed by atoms with E-state index in [4.69, 9.17) is 4.74 Å². The molecule has 0 heterocycles. The Morgan fingerprint density at radius 3 is 1.67 bits per heavy atom. The number of aliphatic hydroxyl groups excluding tert-OH is 1. The second kappa shape index (κ2) is 24.0. The number of rotatable bonds is 25. The molecule has 0 fully saturated rings. The van der Waals surface area contributed by atoms with Crippen molar-refractivity contribution in [2.24, 2.45) is 0 Å². The van der Waals surface area contributed by atoms with Crippen LogP contribution in [-0.4, -0.2) is 17.2 Å². The Labute approximate surface area is 223 Å². The van der Waals surface area contributed by atoms with Crippen molar-refractivity contribution in [3.63, 3.8) is 0 Å². The lowest BCUT2D eigenvalue weighted by Gasteiger charge is -2.09. The van der Waals surface area contributed by atoms with E-state index < -0.39 is 0 Å². The molecule has 0 aliphatic heterocycles. The van der Waals surface area contributed by atoms with Gasteiger partial charge in [0.15, 0.2) is 0 Å². The van der Waals surface area contributed by atoms with E-state index in [1.54, 1.807) is 0 Å². The summed E-state index contributed by atoms with van der Waals surface area (Å²) in [6, 6.07) is 8.11. The van der Waals surface area contributed by atoms with Gasteiger partial charge >= 0.3 is 5.97 Å². The molecule has 0 spiro atoms. The smallest absolute Gasteiger partial charge is 0.311 e. The Balaban J connectivity index is 1.93. The first-order chi connectivity index (χ1) is 17.7. The van der Waals surface area contributed by atoms with Gasteiger partial charge in [0, 0.05) is 6.42 Å². The highest BCUT2D eigenvalue weighted by molar-refractivity contribution is 5.72. The Hall–Kier alpha value is -1.35. The lowest BCUT2D eigenvalue weighted by molar-refractivity contribution is -0.134. The molecule has 3 heteroatoms. The van der Waals surface area contributed by atoms with Crippen LogP contribution in [0.3, 0.4) is 0 Å². The number of carbonyl (C=O) groups excluding carboxylic acids is 1. The molecule has 0 saturated heterocycles. The maximum absolute atomic E-state index is 12.1. The summed E-state index contributed by atoms with van der Waals surface area (Å²) in [6.07, 6.45) is 27.2. The first-order valence-electron chi connectivity index (χ1n) is 15.6. The average Bonchev–Trinajstić information content (AvgIpc) is 2.88. The molecule has 1 rings (SSSR count). The van der Waals surface area contributed by atoms with E-state index in [1.165, 1.54) is 108 Å². The SMILES string of the molecule is CCCCCCCCCc1ccc(OC(=O)CCCCCCCCCCCC(O)CCCCC)cc1. The van der Waals surface area contributed by atoms with Gasteiger partial charge in [0.2, 0.25) is 0 Å². The molecule has 1 N–H and O–H groups in total. The van der Waals surface area contributed by atoms with Crippen molar-refractivity contribution in [3.8, 4) is 5.75 Å². The zero-order valence-electron chi connectivity index (χ0n) is 23.9. The highest BCUT2D eigenvalue weighted by atomic mass is 16.5. The summed E-state index contributed by atoms with van der Waals surface area (Å²) in [4.78, 5) is 12.1. The van der Waals surface area contributed by atoms with E-state index in [-0.39, 0.29) is 12.1 Å². The molecular formula is C33H58O3. The fourth-order valence-electron chi connectivity index (χ4n) is 4.85. The van der Waals surface area contributed by atoms with Crippen LogP contribution in [0.5, 0.6) is 5.75 Å². The number of ether oxygens (including phenoxy) is 1. The van der Waals surface area contributed by atoms with Crippen LogP contribution >= 0.6 is 0 Å². The summed E-state index contributed by atoms with van der Waals surface area (Å²) in [5.41, 5.74) is 1.34. The van der Waals surface area contributed by atoms with Gasteiger partial charge in [-0.2, -0.15) is 0 Å². The van der Waals surface area contributed by atoms with Crippen molar-refractivity contribution in [2.45, 2.75) is 168 Å². The molecule has 0 aliphatic rings. The molecule has 0 aliphatic carbocycles. The summed E-state index contributed by atoms with van der Waals surface area (Å²) < 4.78 is 5.52. The highest BCUT2D eigenvalue weighted by Gasteiger charge is 2.06. The number of hydrogen-bond acceptors (Lipinski definition) is 3. The number of benzene rings is 1. The number of unbranched alkanes of at least 4 members (excludes halogenated alkanes) is 16. The van der Waals surface area contributed by atoms with Crippen LogP contribution in [0, 0.1) is 0 Å². The largest absolute Gasteiger partial charge is 0.427 e. The molecule has 3 nitrogen and oxygen atoms in total. The Kier molecular flexibility index (Phi) is 21.8. The summed E-state index contributed by atoms with van der Waals surface area (Å²) in [5.74, 6) is 0.573. The molecule has 1 aromatic rings. The zero-order valence-corrected chi connectivity index (χ0v) is 23.9. The molecule has 36 heavy (non-hydrogen) atoms. The van der Waals surface area contributed by atoms with Gasteiger partial charge in [0.05, 0.1) is 6.10 Å². The number of aliphatic hydroxyl groups is 1. The minimum atomic E-state index is -0.105. The first-order valence-corrected chi connectivity index (χ1v) is 15.6. The van der Waals surface area contributed by atoms with E-state index in [2.05, 4.69) is 26.0 Å². The van der Waals surface area contributed by atoms with Crippen LogP contribution in [0.4, 0.5) is 0 Å². The van der Waals surface area contributed by atoms with E-state index in [9.17, 15) is 9.90 Å². The standard InChI is InChI=1S/C33H58O3/c1-3-5-7-8-12-15-19-22-30-26-28-32(29-27-30)36-33(35)25-21-17-14-11-9-10-13-16-20-24-31(34)23-18-6-4-2/h26-29,31,34H,3-25H2,1-2H3. The monoisotopic (exact) mass is 502 g/mol. The summed E-state index contributed by atoms with van der Waals surface area (Å²) in [5, 5.41) is 9.96. The van der Waals surface area contributed by atoms with Gasteiger partial charge in [-0.1, -0.05) is 135 Å². The lowest BCUT2D eigenvalue weighted by atomic mass is 10.0. The molecule has 208 valence electrons. The van der Waals surface area contributed by atoms with Gasteiger partial charge in [-0.3, -0.25) is 4.79 Å². The first kappa shape index (κ1) is 32.7. The topological polar surface area (TPSA) is 46.5 Å². The number of hydrogen-bond donors (Lipinski definition) is 1. The Bertz CT molecular complexity index is 610. The second-order valence-electron chi connectivity index (χ2n) is 10.9. The third kappa shape index (κ3) is 19.8. The van der Waals surface area contributed by atoms with Gasteiger partial charge in [0.1, 0.15) is 5.75 Å². The van der Waals surface area contributed by atoms with Crippen molar-refractivity contribution < 1.29 is 14.6 Å². The number of carbonyl (C=O) groups is 1. The van der Waals surface area contributed by atoms with Gasteiger partial charge in [-0.25, -0.2) is 0 Å². The Morgan fingerprint density at radius 1 is 0.639 bits per heavy atom. The van der Waals surface area contributed by atoms with Crippen molar-refractivity contribution >= 4 is 5.97 Å². The molecule has 0 radical (unpaired) electrons. The van der Waals surface area contributed by atoms with Crippen LogP contribution < -0.4 is 4.74 Å². The van der Waals surface area contributed by atoms with E-state index in [1.807, 2.05) is 12.1 Å². The molecule has 0 amide bonds. The van der Waals surface area contributed by atoms with Crippen LogP contribution in [0.2, 0.25) is 0 Å². The van der Waals surface area contributed by atoms with Crippen molar-refractivity contribution in [3.05, 3.63) is 29.8 Å². The summed E-state index contributed by atoms with van der Waals surface area (Å²) in [6.45, 7) is 4.47. The maximum atomic E-state index is 12.1. The molecule has 0 saturated carbocycles.